The van der Waals surface area contributed by atoms with Crippen LogP contribution in [0, 0.1) is 35.5 Å². The van der Waals surface area contributed by atoms with Crippen molar-refractivity contribution in [1.82, 2.24) is 10.3 Å². The van der Waals surface area contributed by atoms with E-state index in [1.165, 1.54) is 18.4 Å². The molecular weight excluding hydrogens is 396 g/mol. The van der Waals surface area contributed by atoms with Crippen LogP contribution in [0.3, 0.4) is 0 Å². The van der Waals surface area contributed by atoms with Gasteiger partial charge >= 0.3 is 0 Å². The van der Waals surface area contributed by atoms with E-state index in [1.54, 1.807) is 5.57 Å². The lowest BCUT2D eigenvalue weighted by atomic mass is 9.89. The number of pyridine rings is 1. The standard InChI is InChI=1S/C28H40N2O2/c1-3-4-8-21(2)27(31)11-10-25-26-18-23(17-24(26)19-28(25)32)9-6-5-7-14-30-20-22-12-15-29-16-13-22/h9-13,15-16,21,24-28,30-32H,5-8,14,17-20H2,1-2H3/t21-,24-,25+,26-,27+,28+/m0/s1. The molecule has 1 heterocycles. The second kappa shape index (κ2) is 12.9. The molecule has 0 saturated heterocycles. The number of hydrogen-bond acceptors (Lipinski definition) is 4. The van der Waals surface area contributed by atoms with Gasteiger partial charge in [0.15, 0.2) is 0 Å². The summed E-state index contributed by atoms with van der Waals surface area (Å²) < 4.78 is 0. The summed E-state index contributed by atoms with van der Waals surface area (Å²) in [7, 11) is 0. The van der Waals surface area contributed by atoms with Gasteiger partial charge in [0.1, 0.15) is 0 Å². The lowest BCUT2D eigenvalue weighted by Gasteiger charge is -2.19. The summed E-state index contributed by atoms with van der Waals surface area (Å²) in [6.07, 6.45) is 16.7. The van der Waals surface area contributed by atoms with E-state index in [2.05, 4.69) is 46.4 Å². The summed E-state index contributed by atoms with van der Waals surface area (Å²) in [5.41, 5.74) is 2.85. The van der Waals surface area contributed by atoms with Crippen LogP contribution in [-0.4, -0.2) is 33.9 Å². The fourth-order valence-corrected chi connectivity index (χ4v) is 5.19. The van der Waals surface area contributed by atoms with Crippen molar-refractivity contribution in [2.45, 2.75) is 77.5 Å². The number of hydrogen-bond donors (Lipinski definition) is 3. The highest BCUT2D eigenvalue weighted by molar-refractivity contribution is 5.18. The molecule has 2 aliphatic rings. The van der Waals surface area contributed by atoms with Crippen molar-refractivity contribution in [3.8, 4) is 11.8 Å². The van der Waals surface area contributed by atoms with Crippen LogP contribution in [0.5, 0.6) is 0 Å². The number of allylic oxidation sites excluding steroid dienone is 2. The van der Waals surface area contributed by atoms with Crippen LogP contribution in [0.2, 0.25) is 0 Å². The number of aromatic nitrogens is 1. The summed E-state index contributed by atoms with van der Waals surface area (Å²) in [5, 5.41) is 24.5. The van der Waals surface area contributed by atoms with E-state index in [1.807, 2.05) is 32.3 Å². The lowest BCUT2D eigenvalue weighted by molar-refractivity contribution is 0.137. The summed E-state index contributed by atoms with van der Waals surface area (Å²) in [5.74, 6) is 7.34. The minimum Gasteiger partial charge on any atom is -0.392 e. The molecule has 6 atom stereocenters. The minimum atomic E-state index is -0.495. The van der Waals surface area contributed by atoms with Gasteiger partial charge in [-0.1, -0.05) is 30.7 Å². The second-order valence-corrected chi connectivity index (χ2v) is 9.59. The number of rotatable bonds is 11. The predicted molar refractivity (Wildman–Crippen MR) is 131 cm³/mol. The number of aliphatic hydroxyl groups is 2. The molecule has 2 saturated carbocycles. The summed E-state index contributed by atoms with van der Waals surface area (Å²) in [4.78, 5) is 4.05. The molecule has 2 aliphatic carbocycles. The molecule has 0 spiro atoms. The zero-order chi connectivity index (χ0) is 22.8. The zero-order valence-corrected chi connectivity index (χ0v) is 19.7. The molecule has 4 heteroatoms. The minimum absolute atomic E-state index is 0.117. The largest absolute Gasteiger partial charge is 0.392 e. The molecule has 0 amide bonds. The first-order valence-electron chi connectivity index (χ1n) is 12.3. The maximum Gasteiger partial charge on any atom is 0.0755 e. The van der Waals surface area contributed by atoms with E-state index in [0.717, 1.165) is 38.8 Å². The van der Waals surface area contributed by atoms with Crippen molar-refractivity contribution in [2.24, 2.45) is 23.7 Å². The van der Waals surface area contributed by atoms with Gasteiger partial charge in [0.25, 0.3) is 0 Å². The Morgan fingerprint density at radius 2 is 2.06 bits per heavy atom. The molecule has 0 radical (unpaired) electrons. The molecular formula is C28H40N2O2. The van der Waals surface area contributed by atoms with Crippen LogP contribution in [0.1, 0.15) is 64.4 Å². The zero-order valence-electron chi connectivity index (χ0n) is 19.7. The molecule has 32 heavy (non-hydrogen) atoms. The molecule has 0 unspecified atom stereocenters. The number of fused-ring (bicyclic) bond motifs is 1. The van der Waals surface area contributed by atoms with Crippen molar-refractivity contribution >= 4 is 0 Å². The Labute approximate surface area is 194 Å². The van der Waals surface area contributed by atoms with Gasteiger partial charge in [0, 0.05) is 31.3 Å². The van der Waals surface area contributed by atoms with Crippen molar-refractivity contribution in [1.29, 1.82) is 0 Å². The maximum absolute atomic E-state index is 10.6. The monoisotopic (exact) mass is 436 g/mol. The highest BCUT2D eigenvalue weighted by atomic mass is 16.3. The van der Waals surface area contributed by atoms with Gasteiger partial charge in [-0.2, -0.15) is 0 Å². The normalized spacial score (nSPS) is 27.9. The van der Waals surface area contributed by atoms with Crippen LogP contribution in [0.4, 0.5) is 0 Å². The molecule has 0 aromatic carbocycles. The van der Waals surface area contributed by atoms with Crippen LogP contribution in [0.15, 0.2) is 48.3 Å². The van der Waals surface area contributed by atoms with Crippen molar-refractivity contribution in [3.05, 3.63) is 53.9 Å². The summed E-state index contributed by atoms with van der Waals surface area (Å²) in [6.45, 7) is 5.80. The van der Waals surface area contributed by atoms with Gasteiger partial charge < -0.3 is 15.5 Å². The Balaban J connectivity index is 1.37. The van der Waals surface area contributed by atoms with Crippen molar-refractivity contribution in [2.75, 3.05) is 6.54 Å². The maximum atomic E-state index is 10.6. The number of nitrogens with zero attached hydrogens (tertiary/aromatic N) is 1. The van der Waals surface area contributed by atoms with Gasteiger partial charge in [0.2, 0.25) is 0 Å². The van der Waals surface area contributed by atoms with Gasteiger partial charge in [-0.15, -0.1) is 11.8 Å². The number of unbranched alkanes of at least 4 members (excludes halogenated alkanes) is 2. The molecule has 3 rings (SSSR count). The van der Waals surface area contributed by atoms with Crippen LogP contribution < -0.4 is 5.32 Å². The third kappa shape index (κ3) is 7.30. The van der Waals surface area contributed by atoms with E-state index in [4.69, 9.17) is 0 Å². The Bertz CT molecular complexity index is 808. The smallest absolute Gasteiger partial charge is 0.0755 e. The van der Waals surface area contributed by atoms with Gasteiger partial charge in [-0.3, -0.25) is 4.98 Å². The van der Waals surface area contributed by atoms with Crippen molar-refractivity contribution in [3.63, 3.8) is 0 Å². The predicted octanol–water partition coefficient (Wildman–Crippen LogP) is 4.64. The fraction of sp³-hybridized carbons (Fsp3) is 0.607. The molecule has 1 aromatic rings. The first kappa shape index (κ1) is 24.7. The molecule has 4 nitrogen and oxygen atoms in total. The van der Waals surface area contributed by atoms with Gasteiger partial charge in [-0.25, -0.2) is 0 Å². The summed E-state index contributed by atoms with van der Waals surface area (Å²) in [6, 6.07) is 4.10. The van der Waals surface area contributed by atoms with E-state index < -0.39 is 6.10 Å². The van der Waals surface area contributed by atoms with Gasteiger partial charge in [-0.05, 0) is 87.4 Å². The van der Waals surface area contributed by atoms with Gasteiger partial charge in [0.05, 0.1) is 12.2 Å². The Hall–Kier alpha value is -1.93. The SMILES string of the molecule is CC#CC[C@H](C)[C@H](O)C=C[C@@H]1[C@H]2CC(=CCCCCNCc3ccncc3)C[C@H]2C[C@H]1O. The third-order valence-electron chi connectivity index (χ3n) is 7.14. The molecule has 1 aromatic heterocycles. The van der Waals surface area contributed by atoms with Crippen LogP contribution in [0.25, 0.3) is 0 Å². The molecule has 0 aliphatic heterocycles. The Morgan fingerprint density at radius 3 is 2.84 bits per heavy atom. The van der Waals surface area contributed by atoms with Crippen LogP contribution >= 0.6 is 0 Å². The van der Waals surface area contributed by atoms with E-state index in [-0.39, 0.29) is 17.9 Å². The van der Waals surface area contributed by atoms with E-state index in [9.17, 15) is 10.2 Å². The van der Waals surface area contributed by atoms with E-state index >= 15 is 0 Å². The number of nitrogens with one attached hydrogen (secondary N) is 1. The second-order valence-electron chi connectivity index (χ2n) is 9.59. The average molecular weight is 437 g/mol. The Kier molecular flexibility index (Phi) is 9.99. The average Bonchev–Trinajstić information content (AvgIpc) is 3.32. The molecule has 174 valence electrons. The quantitative estimate of drug-likeness (QED) is 0.269. The topological polar surface area (TPSA) is 65.4 Å². The first-order chi connectivity index (χ1) is 15.6. The van der Waals surface area contributed by atoms with E-state index in [0.29, 0.717) is 18.3 Å². The first-order valence-corrected chi connectivity index (χ1v) is 12.3. The fourth-order valence-electron chi connectivity index (χ4n) is 5.19. The lowest BCUT2D eigenvalue weighted by Crippen LogP contribution is -2.19. The van der Waals surface area contributed by atoms with Crippen molar-refractivity contribution < 1.29 is 10.2 Å². The highest BCUT2D eigenvalue weighted by Crippen LogP contribution is 2.50. The highest BCUT2D eigenvalue weighted by Gasteiger charge is 2.44. The Morgan fingerprint density at radius 1 is 1.25 bits per heavy atom. The molecule has 3 N–H and O–H groups in total. The number of aliphatic hydroxyl groups excluding tert-OH is 2. The molecule has 0 bridgehead atoms. The third-order valence-corrected chi connectivity index (χ3v) is 7.14. The van der Waals surface area contributed by atoms with Crippen LogP contribution in [-0.2, 0) is 6.54 Å². The summed E-state index contributed by atoms with van der Waals surface area (Å²) >= 11 is 0. The molecule has 2 fully saturated rings.